The van der Waals surface area contributed by atoms with Gasteiger partial charge in [0.15, 0.2) is 5.88 Å². The molecular weight excluding hydrogens is 130 g/mol. The van der Waals surface area contributed by atoms with E-state index >= 15 is 0 Å². The molecule has 0 spiro atoms. The summed E-state index contributed by atoms with van der Waals surface area (Å²) in [6.07, 6.45) is 0. The van der Waals surface area contributed by atoms with Crippen LogP contribution in [0.25, 0.3) is 0 Å². The highest BCUT2D eigenvalue weighted by Crippen LogP contribution is 2.11. The molecule has 2 heterocycles. The van der Waals surface area contributed by atoms with Crippen molar-refractivity contribution in [2.24, 2.45) is 0 Å². The highest BCUT2D eigenvalue weighted by molar-refractivity contribution is 5.14. The monoisotopic (exact) mass is 137 g/mol. The van der Waals surface area contributed by atoms with E-state index in [0.29, 0.717) is 19.0 Å². The van der Waals surface area contributed by atoms with Crippen LogP contribution in [0.5, 0.6) is 5.88 Å². The number of nitrogens with zero attached hydrogens (tertiary/aromatic N) is 1. The van der Waals surface area contributed by atoms with E-state index in [2.05, 4.69) is 0 Å². The predicted octanol–water partition coefficient (Wildman–Crippen LogP) is 0.241. The zero-order chi connectivity index (χ0) is 6.97. The number of pyridine rings is 1. The molecule has 3 nitrogen and oxygen atoms in total. The van der Waals surface area contributed by atoms with Crippen LogP contribution >= 0.6 is 0 Å². The summed E-state index contributed by atoms with van der Waals surface area (Å²) in [4.78, 5) is 11.0. The number of hydrogen-bond donors (Lipinski definition) is 0. The lowest BCUT2D eigenvalue weighted by Crippen LogP contribution is -2.14. The van der Waals surface area contributed by atoms with E-state index in [-0.39, 0.29) is 5.56 Å². The molecule has 0 N–H and O–H groups in total. The summed E-state index contributed by atoms with van der Waals surface area (Å²) < 4.78 is 6.77. The molecule has 0 aromatic carbocycles. The molecule has 2 rings (SSSR count). The largest absolute Gasteiger partial charge is 0.477 e. The third-order valence-corrected chi connectivity index (χ3v) is 1.57. The van der Waals surface area contributed by atoms with Crippen LogP contribution in [0.2, 0.25) is 0 Å². The van der Waals surface area contributed by atoms with Gasteiger partial charge in [-0.2, -0.15) is 0 Å². The van der Waals surface area contributed by atoms with Gasteiger partial charge in [0.25, 0.3) is 5.56 Å². The minimum atomic E-state index is 0.0231. The second-order valence-corrected chi connectivity index (χ2v) is 2.20. The van der Waals surface area contributed by atoms with Crippen LogP contribution in [-0.2, 0) is 6.54 Å². The van der Waals surface area contributed by atoms with Crippen LogP contribution in [0.15, 0.2) is 23.0 Å². The van der Waals surface area contributed by atoms with Gasteiger partial charge in [0.1, 0.15) is 6.61 Å². The molecule has 0 fully saturated rings. The van der Waals surface area contributed by atoms with E-state index in [1.165, 1.54) is 6.07 Å². The fourth-order valence-corrected chi connectivity index (χ4v) is 1.09. The average molecular weight is 137 g/mol. The van der Waals surface area contributed by atoms with E-state index in [1.807, 2.05) is 0 Å². The lowest BCUT2D eigenvalue weighted by molar-refractivity contribution is 0.357. The predicted molar refractivity (Wildman–Crippen MR) is 36.2 cm³/mol. The molecule has 52 valence electrons. The Bertz CT molecular complexity index is 303. The van der Waals surface area contributed by atoms with Crippen LogP contribution in [0.1, 0.15) is 0 Å². The van der Waals surface area contributed by atoms with Crippen molar-refractivity contribution in [1.29, 1.82) is 0 Å². The van der Waals surface area contributed by atoms with Crippen molar-refractivity contribution in [2.75, 3.05) is 6.61 Å². The van der Waals surface area contributed by atoms with Crippen LogP contribution in [-0.4, -0.2) is 11.2 Å². The topological polar surface area (TPSA) is 31.2 Å². The van der Waals surface area contributed by atoms with E-state index < -0.39 is 0 Å². The number of hydrogen-bond acceptors (Lipinski definition) is 2. The van der Waals surface area contributed by atoms with Crippen LogP contribution in [0.4, 0.5) is 0 Å². The first-order valence-corrected chi connectivity index (χ1v) is 3.20. The normalized spacial score (nSPS) is 14.4. The molecule has 0 aliphatic carbocycles. The Labute approximate surface area is 57.9 Å². The summed E-state index contributed by atoms with van der Waals surface area (Å²) >= 11 is 0. The maximum atomic E-state index is 11.0. The van der Waals surface area contributed by atoms with Gasteiger partial charge in [-0.1, -0.05) is 6.07 Å². The fraction of sp³-hybridized carbons (Fsp3) is 0.286. The number of ether oxygens (including phenoxy) is 1. The summed E-state index contributed by atoms with van der Waals surface area (Å²) in [6, 6.07) is 5.05. The quantitative estimate of drug-likeness (QED) is 0.513. The van der Waals surface area contributed by atoms with Gasteiger partial charge < -0.3 is 4.74 Å². The van der Waals surface area contributed by atoms with Crippen LogP contribution < -0.4 is 10.3 Å². The Kier molecular flexibility index (Phi) is 1.03. The first-order chi connectivity index (χ1) is 4.88. The molecule has 0 bridgehead atoms. The van der Waals surface area contributed by atoms with Gasteiger partial charge in [-0.3, -0.25) is 9.36 Å². The van der Waals surface area contributed by atoms with Crippen LogP contribution in [0.3, 0.4) is 0 Å². The Hall–Kier alpha value is -1.25. The Morgan fingerprint density at radius 3 is 3.20 bits per heavy atom. The van der Waals surface area contributed by atoms with Gasteiger partial charge >= 0.3 is 0 Å². The number of fused-ring (bicyclic) bond motifs is 1. The Balaban J connectivity index is 2.70. The van der Waals surface area contributed by atoms with Crippen molar-refractivity contribution in [3.63, 3.8) is 0 Å². The number of aromatic nitrogens is 1. The standard InChI is InChI=1S/C7H7NO2/c9-6-2-1-3-7-8(6)4-5-10-7/h1-3H,4-5H2. The average Bonchev–Trinajstić information content (AvgIpc) is 2.36. The highest BCUT2D eigenvalue weighted by atomic mass is 16.5. The van der Waals surface area contributed by atoms with E-state index in [9.17, 15) is 4.79 Å². The van der Waals surface area contributed by atoms with E-state index in [0.717, 1.165) is 0 Å². The molecule has 10 heavy (non-hydrogen) atoms. The third-order valence-electron chi connectivity index (χ3n) is 1.57. The van der Waals surface area contributed by atoms with Crippen molar-refractivity contribution in [1.82, 2.24) is 4.57 Å². The molecule has 0 saturated heterocycles. The minimum Gasteiger partial charge on any atom is -0.477 e. The summed E-state index contributed by atoms with van der Waals surface area (Å²) in [5.41, 5.74) is 0.0231. The summed E-state index contributed by atoms with van der Waals surface area (Å²) in [5, 5.41) is 0. The van der Waals surface area contributed by atoms with E-state index in [4.69, 9.17) is 4.74 Å². The smallest absolute Gasteiger partial charge is 0.253 e. The maximum absolute atomic E-state index is 11.0. The molecule has 1 aliphatic rings. The minimum absolute atomic E-state index is 0.0231. The molecule has 0 unspecified atom stereocenters. The third kappa shape index (κ3) is 0.635. The Morgan fingerprint density at radius 2 is 2.40 bits per heavy atom. The fourth-order valence-electron chi connectivity index (χ4n) is 1.09. The molecule has 0 radical (unpaired) electrons. The maximum Gasteiger partial charge on any atom is 0.253 e. The summed E-state index contributed by atoms with van der Waals surface area (Å²) in [6.45, 7) is 1.31. The Morgan fingerprint density at radius 1 is 1.50 bits per heavy atom. The summed E-state index contributed by atoms with van der Waals surface area (Å²) in [5.74, 6) is 0.688. The van der Waals surface area contributed by atoms with Gasteiger partial charge in [-0.25, -0.2) is 0 Å². The zero-order valence-corrected chi connectivity index (χ0v) is 5.41. The zero-order valence-electron chi connectivity index (χ0n) is 5.41. The number of rotatable bonds is 0. The van der Waals surface area contributed by atoms with Gasteiger partial charge in [-0.05, 0) is 6.07 Å². The summed E-state index contributed by atoms with van der Waals surface area (Å²) in [7, 11) is 0. The molecular formula is C7H7NO2. The molecule has 3 heteroatoms. The lowest BCUT2D eigenvalue weighted by Gasteiger charge is -1.96. The van der Waals surface area contributed by atoms with Gasteiger partial charge in [0.2, 0.25) is 0 Å². The molecule has 0 atom stereocenters. The van der Waals surface area contributed by atoms with Gasteiger partial charge in [-0.15, -0.1) is 0 Å². The highest BCUT2D eigenvalue weighted by Gasteiger charge is 2.09. The van der Waals surface area contributed by atoms with Crippen molar-refractivity contribution < 1.29 is 4.74 Å². The first-order valence-electron chi connectivity index (χ1n) is 3.20. The van der Waals surface area contributed by atoms with Crippen molar-refractivity contribution >= 4 is 0 Å². The molecule has 0 saturated carbocycles. The van der Waals surface area contributed by atoms with Crippen molar-refractivity contribution in [3.05, 3.63) is 28.6 Å². The second-order valence-electron chi connectivity index (χ2n) is 2.20. The molecule has 1 aliphatic heterocycles. The molecule has 1 aromatic heterocycles. The van der Waals surface area contributed by atoms with Crippen molar-refractivity contribution in [3.8, 4) is 5.88 Å². The van der Waals surface area contributed by atoms with Crippen molar-refractivity contribution in [2.45, 2.75) is 6.54 Å². The molecule has 0 amide bonds. The van der Waals surface area contributed by atoms with Crippen LogP contribution in [0, 0.1) is 0 Å². The lowest BCUT2D eigenvalue weighted by atomic mass is 10.5. The first kappa shape index (κ1) is 5.53. The van der Waals surface area contributed by atoms with E-state index in [1.54, 1.807) is 16.7 Å². The second kappa shape index (κ2) is 1.87. The SMILES string of the molecule is O=c1cccc2n1CCO2. The van der Waals surface area contributed by atoms with Gasteiger partial charge in [0.05, 0.1) is 6.54 Å². The van der Waals surface area contributed by atoms with Gasteiger partial charge in [0, 0.05) is 6.07 Å². The molecule has 1 aromatic rings.